The van der Waals surface area contributed by atoms with Crippen molar-refractivity contribution in [3.8, 4) is 5.75 Å². The molecule has 0 bridgehead atoms. The fourth-order valence-electron chi connectivity index (χ4n) is 2.66. The van der Waals surface area contributed by atoms with E-state index in [0.29, 0.717) is 27.7 Å². The van der Waals surface area contributed by atoms with E-state index >= 15 is 0 Å². The molecule has 3 rings (SSSR count). The van der Waals surface area contributed by atoms with Crippen LogP contribution in [0.5, 0.6) is 5.75 Å². The minimum atomic E-state index is -0.954. The number of anilines is 1. The molecule has 0 saturated carbocycles. The number of aromatic nitrogens is 1. The standard InChI is InChI=1S/C20H20N4O4S/c1-12(13-7-8-16(28-2)14(9-13)10-19(26)27)23-24-18(25)11-21-20-22-15-5-3-4-6-17(15)29-20/h3-9H,10-11H2,1-2H3,(H,21,22)(H,24,25)(H,26,27)/b23-12-. The van der Waals surface area contributed by atoms with E-state index in [1.165, 1.54) is 18.4 Å². The summed E-state index contributed by atoms with van der Waals surface area (Å²) in [6.07, 6.45) is -0.164. The van der Waals surface area contributed by atoms with Gasteiger partial charge < -0.3 is 15.2 Å². The second-order valence-electron chi connectivity index (χ2n) is 6.17. The summed E-state index contributed by atoms with van der Waals surface area (Å²) in [5, 5.41) is 16.8. The number of thiazole rings is 1. The van der Waals surface area contributed by atoms with Crippen molar-refractivity contribution in [2.75, 3.05) is 19.0 Å². The molecule has 1 amide bonds. The number of carbonyl (C=O) groups is 2. The molecule has 8 nitrogen and oxygen atoms in total. The van der Waals surface area contributed by atoms with Gasteiger partial charge in [0, 0.05) is 5.56 Å². The van der Waals surface area contributed by atoms with E-state index in [1.54, 1.807) is 25.1 Å². The van der Waals surface area contributed by atoms with Gasteiger partial charge in [0.25, 0.3) is 5.91 Å². The van der Waals surface area contributed by atoms with Gasteiger partial charge in [0.2, 0.25) is 0 Å². The fraction of sp³-hybridized carbons (Fsp3) is 0.200. The first kappa shape index (κ1) is 20.3. The summed E-state index contributed by atoms with van der Waals surface area (Å²) in [5.74, 6) is -0.778. The van der Waals surface area contributed by atoms with Crippen LogP contribution >= 0.6 is 11.3 Å². The Labute approximate surface area is 171 Å². The fourth-order valence-corrected chi connectivity index (χ4v) is 3.52. The molecule has 3 N–H and O–H groups in total. The average molecular weight is 412 g/mol. The summed E-state index contributed by atoms with van der Waals surface area (Å²) in [7, 11) is 1.49. The molecule has 1 aromatic heterocycles. The monoisotopic (exact) mass is 412 g/mol. The molecule has 29 heavy (non-hydrogen) atoms. The topological polar surface area (TPSA) is 113 Å². The van der Waals surface area contributed by atoms with Crippen LogP contribution in [0.4, 0.5) is 5.13 Å². The van der Waals surface area contributed by atoms with Crippen LogP contribution in [-0.4, -0.2) is 41.3 Å². The Hall–Kier alpha value is -3.46. The summed E-state index contributed by atoms with van der Waals surface area (Å²) < 4.78 is 6.23. The third-order valence-corrected chi connectivity index (χ3v) is 5.08. The van der Waals surface area contributed by atoms with Gasteiger partial charge in [-0.05, 0) is 42.8 Å². The minimum absolute atomic E-state index is 0.0312. The van der Waals surface area contributed by atoms with Crippen molar-refractivity contribution in [2.45, 2.75) is 13.3 Å². The van der Waals surface area contributed by atoms with E-state index in [2.05, 4.69) is 20.8 Å². The summed E-state index contributed by atoms with van der Waals surface area (Å²) in [4.78, 5) is 27.5. The number of carboxylic acid groups (broad SMARTS) is 1. The number of aliphatic carboxylic acids is 1. The smallest absolute Gasteiger partial charge is 0.307 e. The van der Waals surface area contributed by atoms with Crippen molar-refractivity contribution in [3.05, 3.63) is 53.6 Å². The van der Waals surface area contributed by atoms with Crippen LogP contribution in [-0.2, 0) is 16.0 Å². The predicted molar refractivity (Wildman–Crippen MR) is 113 cm³/mol. The third-order valence-electron chi connectivity index (χ3n) is 4.08. The van der Waals surface area contributed by atoms with Gasteiger partial charge in [-0.3, -0.25) is 9.59 Å². The first-order chi connectivity index (χ1) is 14.0. The summed E-state index contributed by atoms with van der Waals surface area (Å²) in [6, 6.07) is 12.9. The number of amides is 1. The molecule has 2 aromatic carbocycles. The number of nitrogens with one attached hydrogen (secondary N) is 2. The molecule has 0 aliphatic carbocycles. The molecule has 0 unspecified atom stereocenters. The maximum absolute atomic E-state index is 12.1. The van der Waals surface area contributed by atoms with Crippen molar-refractivity contribution in [3.63, 3.8) is 0 Å². The Kier molecular flexibility index (Phi) is 6.40. The normalized spacial score (nSPS) is 11.3. The molecule has 0 spiro atoms. The molecular weight excluding hydrogens is 392 g/mol. The van der Waals surface area contributed by atoms with Crippen molar-refractivity contribution in [1.82, 2.24) is 10.4 Å². The van der Waals surface area contributed by atoms with E-state index < -0.39 is 5.97 Å². The molecule has 0 fully saturated rings. The number of para-hydroxylation sites is 1. The van der Waals surface area contributed by atoms with E-state index in [-0.39, 0.29) is 18.9 Å². The Bertz CT molecular complexity index is 1040. The van der Waals surface area contributed by atoms with Gasteiger partial charge in [-0.15, -0.1) is 0 Å². The number of fused-ring (bicyclic) bond motifs is 1. The molecular formula is C20H20N4O4S. The number of hydrogen-bond donors (Lipinski definition) is 3. The van der Waals surface area contributed by atoms with Crippen molar-refractivity contribution >= 4 is 44.3 Å². The van der Waals surface area contributed by atoms with Crippen LogP contribution in [0.2, 0.25) is 0 Å². The minimum Gasteiger partial charge on any atom is -0.496 e. The molecule has 0 aliphatic rings. The van der Waals surface area contributed by atoms with Crippen molar-refractivity contribution in [2.24, 2.45) is 5.10 Å². The highest BCUT2D eigenvalue weighted by Gasteiger charge is 2.10. The number of carbonyl (C=O) groups excluding carboxylic acids is 1. The summed E-state index contributed by atoms with van der Waals surface area (Å²) >= 11 is 1.47. The molecule has 150 valence electrons. The lowest BCUT2D eigenvalue weighted by Crippen LogP contribution is -2.26. The highest BCUT2D eigenvalue weighted by molar-refractivity contribution is 7.22. The number of hydrogen-bond acceptors (Lipinski definition) is 7. The Morgan fingerprint density at radius 2 is 2.03 bits per heavy atom. The van der Waals surface area contributed by atoms with Crippen molar-refractivity contribution in [1.29, 1.82) is 0 Å². The maximum Gasteiger partial charge on any atom is 0.307 e. The van der Waals surface area contributed by atoms with E-state index in [9.17, 15) is 9.59 Å². The first-order valence-electron chi connectivity index (χ1n) is 8.78. The first-order valence-corrected chi connectivity index (χ1v) is 9.59. The van der Waals surface area contributed by atoms with E-state index in [0.717, 1.165) is 10.2 Å². The quantitative estimate of drug-likeness (QED) is 0.387. The van der Waals surface area contributed by atoms with Gasteiger partial charge in [0.05, 0.1) is 36.0 Å². The number of methoxy groups -OCH3 is 1. The van der Waals surface area contributed by atoms with Gasteiger partial charge in [-0.1, -0.05) is 23.5 Å². The van der Waals surface area contributed by atoms with Gasteiger partial charge in [-0.25, -0.2) is 10.4 Å². The lowest BCUT2D eigenvalue weighted by Gasteiger charge is -2.09. The number of carboxylic acids is 1. The molecule has 9 heteroatoms. The summed E-state index contributed by atoms with van der Waals surface area (Å²) in [5.41, 5.74) is 5.15. The molecule has 0 radical (unpaired) electrons. The zero-order valence-corrected chi connectivity index (χ0v) is 16.7. The zero-order chi connectivity index (χ0) is 20.8. The highest BCUT2D eigenvalue weighted by Crippen LogP contribution is 2.25. The molecule has 3 aromatic rings. The van der Waals surface area contributed by atoms with Crippen molar-refractivity contribution < 1.29 is 19.4 Å². The summed E-state index contributed by atoms with van der Waals surface area (Å²) in [6.45, 7) is 1.76. The molecule has 1 heterocycles. The lowest BCUT2D eigenvalue weighted by molar-refractivity contribution is -0.136. The number of nitrogens with zero attached hydrogens (tertiary/aromatic N) is 2. The lowest BCUT2D eigenvalue weighted by atomic mass is 10.0. The van der Waals surface area contributed by atoms with Gasteiger partial charge in [-0.2, -0.15) is 5.10 Å². The number of benzene rings is 2. The Balaban J connectivity index is 1.61. The molecule has 0 saturated heterocycles. The predicted octanol–water partition coefficient (Wildman–Crippen LogP) is 2.88. The SMILES string of the molecule is COc1ccc(/C(C)=N\NC(=O)CNc2nc3ccccc3s2)cc1CC(=O)O. The van der Waals surface area contributed by atoms with Crippen LogP contribution in [0.15, 0.2) is 47.6 Å². The van der Waals surface area contributed by atoms with Crippen LogP contribution < -0.4 is 15.5 Å². The maximum atomic E-state index is 12.1. The van der Waals surface area contributed by atoms with Gasteiger partial charge >= 0.3 is 5.97 Å². The zero-order valence-electron chi connectivity index (χ0n) is 15.9. The highest BCUT2D eigenvalue weighted by atomic mass is 32.1. The number of hydrazone groups is 1. The van der Waals surface area contributed by atoms with E-state index in [1.807, 2.05) is 24.3 Å². The van der Waals surface area contributed by atoms with E-state index in [4.69, 9.17) is 9.84 Å². The largest absolute Gasteiger partial charge is 0.496 e. The van der Waals surface area contributed by atoms with Gasteiger partial charge in [0.15, 0.2) is 5.13 Å². The Morgan fingerprint density at radius 3 is 2.76 bits per heavy atom. The molecule has 0 atom stereocenters. The van der Waals surface area contributed by atoms with Crippen LogP contribution in [0.25, 0.3) is 10.2 Å². The van der Waals surface area contributed by atoms with Crippen LogP contribution in [0.3, 0.4) is 0 Å². The number of ether oxygens (including phenoxy) is 1. The van der Waals surface area contributed by atoms with Gasteiger partial charge in [0.1, 0.15) is 5.75 Å². The Morgan fingerprint density at radius 1 is 1.24 bits per heavy atom. The van der Waals surface area contributed by atoms with Crippen LogP contribution in [0.1, 0.15) is 18.1 Å². The second-order valence-corrected chi connectivity index (χ2v) is 7.20. The average Bonchev–Trinajstić information content (AvgIpc) is 3.13. The van der Waals surface area contributed by atoms with Crippen LogP contribution in [0, 0.1) is 0 Å². The third kappa shape index (κ3) is 5.29. The molecule has 0 aliphatic heterocycles. The number of rotatable bonds is 8. The second kappa shape index (κ2) is 9.16.